The van der Waals surface area contributed by atoms with Crippen LogP contribution < -0.4 is 18.6 Å². The van der Waals surface area contributed by atoms with Crippen LogP contribution >= 0.6 is 11.3 Å². The van der Waals surface area contributed by atoms with E-state index in [1.54, 1.807) is 35.6 Å². The number of hydrogen-bond acceptors (Lipinski definition) is 9. The highest BCUT2D eigenvalue weighted by Gasteiger charge is 2.29. The molecule has 1 aromatic heterocycles. The first kappa shape index (κ1) is 34.3. The van der Waals surface area contributed by atoms with Gasteiger partial charge in [0.1, 0.15) is 11.5 Å². The van der Waals surface area contributed by atoms with E-state index in [1.165, 1.54) is 80.0 Å². The van der Waals surface area contributed by atoms with Crippen LogP contribution in [0.2, 0.25) is 0 Å². The van der Waals surface area contributed by atoms with Gasteiger partial charge < -0.3 is 8.37 Å². The van der Waals surface area contributed by atoms with E-state index in [1.807, 2.05) is 6.07 Å². The van der Waals surface area contributed by atoms with Crippen molar-refractivity contribution in [2.24, 2.45) is 10.3 Å². The van der Waals surface area contributed by atoms with Crippen molar-refractivity contribution in [3.8, 4) is 11.5 Å². The highest BCUT2D eigenvalue weighted by atomic mass is 32.2. The largest absolute Gasteiger partial charge is 0.380 e. The molecule has 14 heteroatoms. The molecule has 0 atom stereocenters. The lowest BCUT2D eigenvalue weighted by Crippen LogP contribution is -2.19. The number of benzene rings is 2. The maximum atomic E-state index is 12.7. The van der Waals surface area contributed by atoms with Crippen LogP contribution in [0, 0.1) is 0 Å². The van der Waals surface area contributed by atoms with Crippen LogP contribution in [-0.2, 0) is 30.4 Å². The fourth-order valence-corrected chi connectivity index (χ4v) is 9.27. The number of thiophene rings is 1. The molecule has 2 heterocycles. The molecule has 0 spiro atoms. The van der Waals surface area contributed by atoms with Crippen molar-refractivity contribution >= 4 is 64.0 Å². The Bertz CT molecular complexity index is 2010. The van der Waals surface area contributed by atoms with Crippen molar-refractivity contribution in [3.05, 3.63) is 75.0 Å². The van der Waals surface area contributed by atoms with E-state index in [4.69, 9.17) is 14.5 Å². The summed E-state index contributed by atoms with van der Waals surface area (Å²) in [5.41, 5.74) is 3.19. The van der Waals surface area contributed by atoms with Crippen molar-refractivity contribution < 1.29 is 33.6 Å². The fraction of sp³-hybridized carbons (Fsp3) is 0.375. The van der Waals surface area contributed by atoms with Crippen LogP contribution in [0.15, 0.2) is 69.5 Å². The number of sulfone groups is 1. The quantitative estimate of drug-likeness (QED) is 0.261. The average Bonchev–Trinajstić information content (AvgIpc) is 3.19. The smallest absolute Gasteiger partial charge is 0.371 e. The van der Waals surface area contributed by atoms with Gasteiger partial charge in [0.25, 0.3) is 0 Å². The molecule has 0 saturated heterocycles. The first-order chi connectivity index (χ1) is 21.7. The molecule has 2 aromatic carbocycles. The molecular weight excluding hydrogens is 669 g/mol. The Hall–Kier alpha value is -3.01. The van der Waals surface area contributed by atoms with Gasteiger partial charge >= 0.3 is 20.6 Å². The van der Waals surface area contributed by atoms with E-state index in [-0.39, 0.29) is 21.3 Å². The van der Waals surface area contributed by atoms with Gasteiger partial charge in [-0.15, -0.1) is 11.3 Å². The molecule has 6 rings (SSSR count). The molecule has 2 saturated carbocycles. The van der Waals surface area contributed by atoms with E-state index >= 15 is 0 Å². The van der Waals surface area contributed by atoms with Crippen molar-refractivity contribution in [1.82, 2.24) is 0 Å². The summed E-state index contributed by atoms with van der Waals surface area (Å²) in [5.74, 6) is 0.141. The monoisotopic (exact) mass is 706 g/mol. The van der Waals surface area contributed by atoms with Crippen LogP contribution in [0.1, 0.15) is 87.5 Å². The molecule has 3 aromatic rings. The van der Waals surface area contributed by atoms with Gasteiger partial charge in [0, 0.05) is 15.6 Å². The minimum absolute atomic E-state index is 0.0455. The Morgan fingerprint density at radius 2 is 1.20 bits per heavy atom. The molecule has 3 aliphatic rings. The third kappa shape index (κ3) is 9.52. The number of hydrogen-bond donors (Lipinski definition) is 2. The van der Waals surface area contributed by atoms with Crippen LogP contribution in [-0.4, -0.2) is 25.3 Å². The molecule has 0 radical (unpaired) electrons. The van der Waals surface area contributed by atoms with E-state index in [0.29, 0.717) is 5.56 Å². The standard InChI is InChI=1S/C16H19NO5S2.C16H19NO3S2/c17-24(20,21)22-14-8-7-13-10-15(23(18,19)16(13)11-14)9-12-5-3-1-2-4-6-12;17-22(18,19)20-14-8-7-13-10-15(21-16(13)11-14)9-12-5-3-1-2-4-6-12/h7-11H,1-6H2,(H2,17,20,21);7-11H,1-6H2,(H2,17,18,19). The summed E-state index contributed by atoms with van der Waals surface area (Å²) in [4.78, 5) is 1.51. The number of fused-ring (bicyclic) bond motifs is 2. The van der Waals surface area contributed by atoms with Gasteiger partial charge in [0.15, 0.2) is 0 Å². The molecule has 0 unspecified atom stereocenters. The zero-order valence-corrected chi connectivity index (χ0v) is 28.6. The van der Waals surface area contributed by atoms with Gasteiger partial charge in [0.2, 0.25) is 9.84 Å². The molecule has 10 nitrogen and oxygen atoms in total. The predicted molar refractivity (Wildman–Crippen MR) is 182 cm³/mol. The maximum Gasteiger partial charge on any atom is 0.380 e. The van der Waals surface area contributed by atoms with Gasteiger partial charge in [-0.3, -0.25) is 0 Å². The molecule has 2 aliphatic carbocycles. The van der Waals surface area contributed by atoms with Crippen molar-refractivity contribution in [1.29, 1.82) is 0 Å². The van der Waals surface area contributed by atoms with Crippen LogP contribution in [0.25, 0.3) is 22.2 Å². The maximum absolute atomic E-state index is 12.7. The van der Waals surface area contributed by atoms with E-state index < -0.39 is 30.4 Å². The molecule has 248 valence electrons. The minimum Gasteiger partial charge on any atom is -0.371 e. The van der Waals surface area contributed by atoms with Gasteiger partial charge in [-0.05, 0) is 117 Å². The fourth-order valence-electron chi connectivity index (χ4n) is 5.88. The minimum atomic E-state index is -4.20. The summed E-state index contributed by atoms with van der Waals surface area (Å²) in [6, 6.07) is 11.5. The Morgan fingerprint density at radius 3 is 1.76 bits per heavy atom. The lowest BCUT2D eigenvalue weighted by Gasteiger charge is -2.06. The summed E-state index contributed by atoms with van der Waals surface area (Å²) in [6.07, 6.45) is 19.6. The molecule has 0 bridgehead atoms. The number of nitrogens with two attached hydrogens (primary N) is 2. The van der Waals surface area contributed by atoms with Gasteiger partial charge in [0.05, 0.1) is 9.80 Å². The third-order valence-corrected chi connectivity index (χ3v) is 11.7. The molecular formula is C32H38N2O8S4. The van der Waals surface area contributed by atoms with Gasteiger partial charge in [-0.2, -0.15) is 27.1 Å². The highest BCUT2D eigenvalue weighted by molar-refractivity contribution is 7.96. The first-order valence-electron chi connectivity index (χ1n) is 15.2. The summed E-state index contributed by atoms with van der Waals surface area (Å²) >= 11 is 1.65. The van der Waals surface area contributed by atoms with E-state index in [0.717, 1.165) is 41.3 Å². The first-order valence-corrected chi connectivity index (χ1v) is 20.5. The molecule has 0 amide bonds. The summed E-state index contributed by atoms with van der Waals surface area (Å²) in [5, 5.41) is 10.8. The van der Waals surface area contributed by atoms with Crippen LogP contribution in [0.4, 0.5) is 0 Å². The topological polar surface area (TPSA) is 173 Å². The third-order valence-electron chi connectivity index (χ3n) is 8.00. The van der Waals surface area contributed by atoms with Gasteiger partial charge in [-0.1, -0.05) is 36.8 Å². The summed E-state index contributed by atoms with van der Waals surface area (Å²) in [7, 11) is -11.8. The normalized spacial score (nSPS) is 18.3. The van der Waals surface area contributed by atoms with E-state index in [2.05, 4.69) is 16.3 Å². The van der Waals surface area contributed by atoms with Crippen LogP contribution in [0.5, 0.6) is 11.5 Å². The van der Waals surface area contributed by atoms with Crippen LogP contribution in [0.3, 0.4) is 0 Å². The van der Waals surface area contributed by atoms with Crippen molar-refractivity contribution in [3.63, 3.8) is 0 Å². The second-order valence-electron chi connectivity index (χ2n) is 11.7. The zero-order valence-electron chi connectivity index (χ0n) is 25.3. The lowest BCUT2D eigenvalue weighted by atomic mass is 10.1. The second kappa shape index (κ2) is 14.4. The summed E-state index contributed by atoms with van der Waals surface area (Å²) in [6.45, 7) is 0. The summed E-state index contributed by atoms with van der Waals surface area (Å²) < 4.78 is 79.7. The lowest BCUT2D eigenvalue weighted by molar-refractivity contribution is 0.485. The van der Waals surface area contributed by atoms with Crippen molar-refractivity contribution in [2.45, 2.75) is 81.9 Å². The molecule has 46 heavy (non-hydrogen) atoms. The Kier molecular flexibility index (Phi) is 10.7. The predicted octanol–water partition coefficient (Wildman–Crippen LogP) is 6.90. The van der Waals surface area contributed by atoms with Crippen molar-refractivity contribution in [2.75, 3.05) is 0 Å². The average molecular weight is 707 g/mol. The number of rotatable bonds is 6. The second-order valence-corrected chi connectivity index (χ2v) is 17.0. The zero-order chi connectivity index (χ0) is 33.0. The molecule has 2 fully saturated rings. The Morgan fingerprint density at radius 1 is 0.674 bits per heavy atom. The van der Waals surface area contributed by atoms with Gasteiger partial charge in [-0.25, -0.2) is 8.42 Å². The Balaban J connectivity index is 0.000000182. The highest BCUT2D eigenvalue weighted by Crippen LogP contribution is 2.38. The number of allylic oxidation sites excluding steroid dienone is 3. The van der Waals surface area contributed by atoms with E-state index in [9.17, 15) is 25.3 Å². The SMILES string of the molecule is NS(=O)(=O)Oc1ccc2c(c1)S(=O)(=O)C(C=C1CCCCCC1)=C2.NS(=O)(=O)Oc1ccc2cc(C=C3CCCCCC3)sc2c1. The molecule has 1 aliphatic heterocycles. The molecule has 4 N–H and O–H groups in total. The Labute approximate surface area is 275 Å².